The molecule has 1 unspecified atom stereocenters. The number of hydrogen-bond donors (Lipinski definition) is 2. The molecule has 2 N–H and O–H groups in total. The minimum Gasteiger partial charge on any atom is -0.508 e. The summed E-state index contributed by atoms with van der Waals surface area (Å²) in [6, 6.07) is 11.5. The van der Waals surface area contributed by atoms with E-state index in [-0.39, 0.29) is 11.6 Å². The zero-order valence-corrected chi connectivity index (χ0v) is 14.2. The number of fused-ring (bicyclic) bond motifs is 1. The van der Waals surface area contributed by atoms with Crippen molar-refractivity contribution in [2.24, 2.45) is 0 Å². The van der Waals surface area contributed by atoms with Crippen LogP contribution in [0.3, 0.4) is 0 Å². The van der Waals surface area contributed by atoms with E-state index in [0.717, 1.165) is 23.4 Å². The third kappa shape index (κ3) is 2.90. The van der Waals surface area contributed by atoms with Crippen LogP contribution in [0.2, 0.25) is 5.02 Å². The summed E-state index contributed by atoms with van der Waals surface area (Å²) in [6.45, 7) is 1.19. The third-order valence-corrected chi connectivity index (χ3v) is 4.99. The maximum Gasteiger partial charge on any atom is 0.129 e. The van der Waals surface area contributed by atoms with Gasteiger partial charge in [0.25, 0.3) is 0 Å². The number of rotatable bonds is 3. The van der Waals surface area contributed by atoms with Crippen LogP contribution in [0, 0.1) is 5.82 Å². The third-order valence-electron chi connectivity index (χ3n) is 4.66. The highest BCUT2D eigenvalue weighted by atomic mass is 35.5. The van der Waals surface area contributed by atoms with Crippen LogP contribution in [0.25, 0.3) is 0 Å². The molecule has 1 aliphatic rings. The van der Waals surface area contributed by atoms with Gasteiger partial charge in [-0.25, -0.2) is 9.37 Å². The van der Waals surface area contributed by atoms with E-state index in [0.29, 0.717) is 23.7 Å². The first-order valence-electron chi connectivity index (χ1n) is 8.12. The van der Waals surface area contributed by atoms with E-state index in [1.807, 2.05) is 12.1 Å². The van der Waals surface area contributed by atoms with Crippen molar-refractivity contribution in [2.45, 2.75) is 19.0 Å². The van der Waals surface area contributed by atoms with Gasteiger partial charge < -0.3 is 10.1 Å². The Bertz CT molecular complexity index is 891. The molecule has 2 aromatic carbocycles. The van der Waals surface area contributed by atoms with Crippen molar-refractivity contribution in [1.29, 1.82) is 0 Å². The van der Waals surface area contributed by atoms with Crippen LogP contribution in [-0.2, 0) is 13.0 Å². The van der Waals surface area contributed by atoms with Gasteiger partial charge >= 0.3 is 0 Å². The molecule has 4 rings (SSSR count). The highest BCUT2D eigenvalue weighted by molar-refractivity contribution is 6.31. The summed E-state index contributed by atoms with van der Waals surface area (Å²) in [6.07, 6.45) is 2.42. The molecular formula is C19H17ClFN3O. The number of aromatic amines is 1. The number of halogens is 2. The van der Waals surface area contributed by atoms with Crippen LogP contribution in [0.15, 0.2) is 48.8 Å². The minimum absolute atomic E-state index is 0.230. The molecule has 25 heavy (non-hydrogen) atoms. The Labute approximate surface area is 149 Å². The van der Waals surface area contributed by atoms with Crippen molar-refractivity contribution >= 4 is 11.6 Å². The number of H-pyrrole nitrogens is 1. The fourth-order valence-corrected chi connectivity index (χ4v) is 3.72. The number of hydrogen-bond acceptors (Lipinski definition) is 3. The van der Waals surface area contributed by atoms with Gasteiger partial charge in [0.05, 0.1) is 18.1 Å². The molecule has 128 valence electrons. The topological polar surface area (TPSA) is 52.1 Å². The molecule has 0 fully saturated rings. The van der Waals surface area contributed by atoms with E-state index < -0.39 is 6.04 Å². The van der Waals surface area contributed by atoms with Crippen LogP contribution < -0.4 is 0 Å². The molecule has 0 bridgehead atoms. The predicted octanol–water partition coefficient (Wildman–Crippen LogP) is 4.06. The Morgan fingerprint density at radius 1 is 1.24 bits per heavy atom. The summed E-state index contributed by atoms with van der Waals surface area (Å²) in [4.78, 5) is 9.67. The lowest BCUT2D eigenvalue weighted by molar-refractivity contribution is 0.194. The minimum atomic E-state index is -0.400. The molecule has 0 aliphatic carbocycles. The van der Waals surface area contributed by atoms with Gasteiger partial charge in [-0.3, -0.25) is 4.90 Å². The van der Waals surface area contributed by atoms with Gasteiger partial charge in [-0.15, -0.1) is 0 Å². The average Bonchev–Trinajstić information content (AvgIpc) is 3.07. The Kier molecular flexibility index (Phi) is 4.19. The molecule has 4 nitrogen and oxygen atoms in total. The number of para-hydroxylation sites is 1. The lowest BCUT2D eigenvalue weighted by Gasteiger charge is -2.35. The van der Waals surface area contributed by atoms with Crippen molar-refractivity contribution < 1.29 is 9.50 Å². The van der Waals surface area contributed by atoms with Crippen molar-refractivity contribution in [3.05, 3.63) is 82.1 Å². The van der Waals surface area contributed by atoms with Crippen LogP contribution >= 0.6 is 11.6 Å². The standard InChI is InChI=1S/C19H17ClFN3O/c20-13-5-3-6-14(21)17(13)19-18-15(22-11-23-18)8-9-24(19)10-12-4-1-2-7-16(12)25/h1-7,11,19,25H,8-10H2,(H,22,23). The molecule has 0 radical (unpaired) electrons. The fraction of sp³-hybridized carbons (Fsp3) is 0.211. The van der Waals surface area contributed by atoms with Gasteiger partial charge in [0.15, 0.2) is 0 Å². The summed E-state index contributed by atoms with van der Waals surface area (Å²) in [5.41, 5.74) is 3.00. The van der Waals surface area contributed by atoms with E-state index >= 15 is 0 Å². The molecule has 0 saturated carbocycles. The van der Waals surface area contributed by atoms with Crippen molar-refractivity contribution in [3.8, 4) is 5.75 Å². The molecule has 1 aromatic heterocycles. The van der Waals surface area contributed by atoms with Gasteiger partial charge in [0, 0.05) is 41.4 Å². The molecule has 0 saturated heterocycles. The van der Waals surface area contributed by atoms with Gasteiger partial charge in [-0.2, -0.15) is 0 Å². The summed E-state index contributed by atoms with van der Waals surface area (Å²) in [7, 11) is 0. The van der Waals surface area contributed by atoms with Gasteiger partial charge in [0.1, 0.15) is 11.6 Å². The lowest BCUT2D eigenvalue weighted by atomic mass is 9.94. The summed E-state index contributed by atoms with van der Waals surface area (Å²) in [5, 5.41) is 10.5. The largest absolute Gasteiger partial charge is 0.508 e. The van der Waals surface area contributed by atoms with Crippen LogP contribution in [0.1, 0.15) is 28.6 Å². The zero-order valence-electron chi connectivity index (χ0n) is 13.4. The zero-order chi connectivity index (χ0) is 17.4. The van der Waals surface area contributed by atoms with E-state index in [2.05, 4.69) is 14.9 Å². The molecule has 2 heterocycles. The first-order chi connectivity index (χ1) is 12.1. The summed E-state index contributed by atoms with van der Waals surface area (Å²) >= 11 is 6.34. The molecule has 0 spiro atoms. The number of aromatic hydroxyl groups is 1. The molecule has 1 aliphatic heterocycles. The maximum atomic E-state index is 14.6. The second-order valence-corrected chi connectivity index (χ2v) is 6.56. The number of aromatic nitrogens is 2. The first-order valence-corrected chi connectivity index (χ1v) is 8.50. The predicted molar refractivity (Wildman–Crippen MR) is 94.1 cm³/mol. The summed E-state index contributed by atoms with van der Waals surface area (Å²) < 4.78 is 14.6. The Balaban J connectivity index is 1.80. The molecule has 0 amide bonds. The Hall–Kier alpha value is -2.37. The number of phenols is 1. The average molecular weight is 358 g/mol. The smallest absolute Gasteiger partial charge is 0.129 e. The van der Waals surface area contributed by atoms with E-state index in [9.17, 15) is 9.50 Å². The van der Waals surface area contributed by atoms with E-state index in [4.69, 9.17) is 11.6 Å². The number of benzene rings is 2. The van der Waals surface area contributed by atoms with Gasteiger partial charge in [-0.05, 0) is 18.2 Å². The second-order valence-electron chi connectivity index (χ2n) is 6.15. The van der Waals surface area contributed by atoms with E-state index in [1.165, 1.54) is 6.07 Å². The quantitative estimate of drug-likeness (QED) is 0.743. The highest BCUT2D eigenvalue weighted by Gasteiger charge is 2.34. The number of phenolic OH excluding ortho intramolecular Hbond substituents is 1. The normalized spacial score (nSPS) is 17.4. The number of nitrogens with one attached hydrogen (secondary N) is 1. The van der Waals surface area contributed by atoms with Crippen molar-refractivity contribution in [2.75, 3.05) is 6.54 Å². The van der Waals surface area contributed by atoms with Crippen LogP contribution in [0.4, 0.5) is 4.39 Å². The van der Waals surface area contributed by atoms with Crippen molar-refractivity contribution in [3.63, 3.8) is 0 Å². The number of imidazole rings is 1. The Morgan fingerprint density at radius 3 is 2.88 bits per heavy atom. The van der Waals surface area contributed by atoms with Crippen molar-refractivity contribution in [1.82, 2.24) is 14.9 Å². The first kappa shape index (κ1) is 16.1. The molecule has 3 aromatic rings. The van der Waals surface area contributed by atoms with E-state index in [1.54, 1.807) is 30.6 Å². The maximum absolute atomic E-state index is 14.6. The van der Waals surface area contributed by atoms with Crippen LogP contribution in [0.5, 0.6) is 5.75 Å². The monoisotopic (exact) mass is 357 g/mol. The lowest BCUT2D eigenvalue weighted by Crippen LogP contribution is -2.36. The molecular weight excluding hydrogens is 341 g/mol. The fourth-order valence-electron chi connectivity index (χ4n) is 3.45. The highest BCUT2D eigenvalue weighted by Crippen LogP contribution is 2.39. The Morgan fingerprint density at radius 2 is 2.08 bits per heavy atom. The van der Waals surface area contributed by atoms with Gasteiger partial charge in [0.2, 0.25) is 0 Å². The van der Waals surface area contributed by atoms with Gasteiger partial charge in [-0.1, -0.05) is 35.9 Å². The molecule has 6 heteroatoms. The number of nitrogens with zero attached hydrogens (tertiary/aromatic N) is 2. The van der Waals surface area contributed by atoms with Crippen LogP contribution in [-0.4, -0.2) is 26.5 Å². The second kappa shape index (κ2) is 6.50. The SMILES string of the molecule is Oc1ccccc1CN1CCc2[nH]cnc2C1c1c(F)cccc1Cl. The summed E-state index contributed by atoms with van der Waals surface area (Å²) in [5.74, 6) is -0.121. The molecule has 1 atom stereocenters.